The predicted molar refractivity (Wildman–Crippen MR) is 149 cm³/mol. The van der Waals surface area contributed by atoms with Crippen molar-refractivity contribution in [1.29, 1.82) is 0 Å². The Hall–Kier alpha value is -3.11. The number of carbonyl (C=O) groups is 4. The normalized spacial score (nSPS) is 16.8. The van der Waals surface area contributed by atoms with Gasteiger partial charge in [-0.25, -0.2) is 4.79 Å². The molecule has 1 aromatic rings. The molecule has 1 aliphatic carbocycles. The molecule has 2 rings (SSSR count). The number of amides is 3. The zero-order valence-corrected chi connectivity index (χ0v) is 24.6. The van der Waals surface area contributed by atoms with E-state index in [0.29, 0.717) is 12.8 Å². The van der Waals surface area contributed by atoms with Gasteiger partial charge in [-0.05, 0) is 51.0 Å². The van der Waals surface area contributed by atoms with E-state index in [0.717, 1.165) is 24.8 Å². The highest BCUT2D eigenvalue weighted by Gasteiger charge is 2.45. The van der Waals surface area contributed by atoms with E-state index in [-0.39, 0.29) is 31.1 Å². The van der Waals surface area contributed by atoms with Crippen molar-refractivity contribution < 1.29 is 37.1 Å². The van der Waals surface area contributed by atoms with Gasteiger partial charge in [0.1, 0.15) is 17.7 Å². The molecule has 3 atom stereocenters. The molecule has 0 aliphatic heterocycles. The van der Waals surface area contributed by atoms with Crippen LogP contribution in [-0.4, -0.2) is 53.6 Å². The standard InChI is InChI=1S/C30H44F3N3O5/c1-19(2)16-23(26(38)34-22(25(37)30(31,32)33)17-20-12-8-6-9-13-20)35-27(39)24(18-21-14-10-7-11-15-21)36-28(40)41-29(3,4)5/h7,10-11,14-15,19-20,22-24H,6,8-9,12-13,16-18H2,1-5H3,(H,34,38)(H,35,39)(H,36,40)/t22-,23-,24-/m0/s1. The van der Waals surface area contributed by atoms with Crippen molar-refractivity contribution in [3.8, 4) is 0 Å². The third kappa shape index (κ3) is 12.5. The highest BCUT2D eigenvalue weighted by atomic mass is 19.4. The van der Waals surface area contributed by atoms with Crippen molar-refractivity contribution in [3.05, 3.63) is 35.9 Å². The quantitative estimate of drug-likeness (QED) is 0.312. The van der Waals surface area contributed by atoms with E-state index < -0.39 is 53.6 Å². The minimum Gasteiger partial charge on any atom is -0.444 e. The summed E-state index contributed by atoms with van der Waals surface area (Å²) in [7, 11) is 0. The summed E-state index contributed by atoms with van der Waals surface area (Å²) in [4.78, 5) is 51.6. The Morgan fingerprint density at radius 3 is 1.95 bits per heavy atom. The van der Waals surface area contributed by atoms with Gasteiger partial charge in [-0.3, -0.25) is 14.4 Å². The van der Waals surface area contributed by atoms with Gasteiger partial charge in [0.15, 0.2) is 0 Å². The summed E-state index contributed by atoms with van der Waals surface area (Å²) in [5.74, 6) is -3.80. The minimum atomic E-state index is -5.11. The summed E-state index contributed by atoms with van der Waals surface area (Å²) < 4.78 is 45.7. The maximum absolute atomic E-state index is 13.5. The SMILES string of the molecule is CC(C)C[C@H](NC(=O)[C@H](Cc1ccccc1)NC(=O)OC(C)(C)C)C(=O)N[C@@H](CC1CCCCC1)C(=O)C(F)(F)F. The second-order valence-corrected chi connectivity index (χ2v) is 12.2. The Bertz CT molecular complexity index is 1020. The zero-order chi connectivity index (χ0) is 30.8. The van der Waals surface area contributed by atoms with E-state index in [2.05, 4.69) is 16.0 Å². The van der Waals surface area contributed by atoms with Crippen molar-refractivity contribution in [1.82, 2.24) is 16.0 Å². The average Bonchev–Trinajstić information content (AvgIpc) is 2.86. The van der Waals surface area contributed by atoms with Gasteiger partial charge in [0.2, 0.25) is 11.8 Å². The molecule has 8 nitrogen and oxygen atoms in total. The molecular formula is C30H44F3N3O5. The Balaban J connectivity index is 2.25. The van der Waals surface area contributed by atoms with Gasteiger partial charge in [0, 0.05) is 6.42 Å². The Morgan fingerprint density at radius 2 is 1.41 bits per heavy atom. The number of ether oxygens (including phenoxy) is 1. The van der Waals surface area contributed by atoms with Gasteiger partial charge in [-0.1, -0.05) is 76.3 Å². The van der Waals surface area contributed by atoms with Crippen LogP contribution in [0.3, 0.4) is 0 Å². The molecule has 1 aliphatic rings. The number of halogens is 3. The summed E-state index contributed by atoms with van der Waals surface area (Å²) in [6.45, 7) is 8.62. The second-order valence-electron chi connectivity index (χ2n) is 12.2. The first-order valence-electron chi connectivity index (χ1n) is 14.3. The minimum absolute atomic E-state index is 0.0821. The summed E-state index contributed by atoms with van der Waals surface area (Å²) in [6.07, 6.45) is -1.74. The van der Waals surface area contributed by atoms with Gasteiger partial charge in [-0.2, -0.15) is 13.2 Å². The number of alkyl halides is 3. The second kappa shape index (κ2) is 15.2. The Labute approximate surface area is 240 Å². The number of nitrogens with one attached hydrogen (secondary N) is 3. The highest BCUT2D eigenvalue weighted by molar-refractivity contribution is 5.96. The maximum atomic E-state index is 13.5. The van der Waals surface area contributed by atoms with E-state index in [9.17, 15) is 32.3 Å². The summed E-state index contributed by atoms with van der Waals surface area (Å²) in [5, 5.41) is 7.46. The van der Waals surface area contributed by atoms with Crippen LogP contribution >= 0.6 is 0 Å². The van der Waals surface area contributed by atoms with Crippen LogP contribution in [-0.2, 0) is 25.5 Å². The molecule has 0 saturated heterocycles. The molecular weight excluding hydrogens is 539 g/mol. The fourth-order valence-corrected chi connectivity index (χ4v) is 4.94. The first-order chi connectivity index (χ1) is 19.0. The number of benzene rings is 1. The third-order valence-electron chi connectivity index (χ3n) is 6.84. The summed E-state index contributed by atoms with van der Waals surface area (Å²) in [6, 6.07) is 4.79. The largest absolute Gasteiger partial charge is 0.452 e. The van der Waals surface area contributed by atoms with Crippen LogP contribution in [0.4, 0.5) is 18.0 Å². The monoisotopic (exact) mass is 583 g/mol. The Kier molecular flexibility index (Phi) is 12.6. The van der Waals surface area contributed by atoms with Crippen LogP contribution < -0.4 is 16.0 Å². The lowest BCUT2D eigenvalue weighted by molar-refractivity contribution is -0.174. The van der Waals surface area contributed by atoms with E-state index in [1.807, 2.05) is 0 Å². The molecule has 0 heterocycles. The third-order valence-corrected chi connectivity index (χ3v) is 6.84. The lowest BCUT2D eigenvalue weighted by Crippen LogP contribution is -2.57. The number of rotatable bonds is 12. The Morgan fingerprint density at radius 1 is 0.854 bits per heavy atom. The number of alkyl carbamates (subject to hydrolysis) is 1. The van der Waals surface area contributed by atoms with Crippen molar-refractivity contribution in [2.24, 2.45) is 11.8 Å². The molecule has 11 heteroatoms. The van der Waals surface area contributed by atoms with E-state index in [1.54, 1.807) is 65.0 Å². The van der Waals surface area contributed by atoms with E-state index >= 15 is 0 Å². The molecule has 1 aromatic carbocycles. The number of hydrogen-bond acceptors (Lipinski definition) is 5. The first-order valence-corrected chi connectivity index (χ1v) is 14.3. The average molecular weight is 584 g/mol. The van der Waals surface area contributed by atoms with E-state index in [4.69, 9.17) is 4.74 Å². The van der Waals surface area contributed by atoms with Gasteiger partial charge >= 0.3 is 12.3 Å². The van der Waals surface area contributed by atoms with E-state index in [1.165, 1.54) is 0 Å². The molecule has 0 spiro atoms. The fourth-order valence-electron chi connectivity index (χ4n) is 4.94. The number of ketones is 1. The first kappa shape index (κ1) is 34.1. The van der Waals surface area contributed by atoms with Crippen molar-refractivity contribution in [2.75, 3.05) is 0 Å². The van der Waals surface area contributed by atoms with Gasteiger partial charge < -0.3 is 20.7 Å². The van der Waals surface area contributed by atoms with Gasteiger partial charge in [0.05, 0.1) is 6.04 Å². The lowest BCUT2D eigenvalue weighted by atomic mass is 9.84. The maximum Gasteiger partial charge on any atom is 0.452 e. The molecule has 0 unspecified atom stereocenters. The summed E-state index contributed by atoms with van der Waals surface area (Å²) >= 11 is 0. The topological polar surface area (TPSA) is 114 Å². The van der Waals surface area contributed by atoms with Crippen LogP contribution in [0.5, 0.6) is 0 Å². The van der Waals surface area contributed by atoms with Crippen molar-refractivity contribution in [2.45, 2.75) is 116 Å². The molecule has 3 amide bonds. The molecule has 0 aromatic heterocycles. The fraction of sp³-hybridized carbons (Fsp3) is 0.667. The molecule has 3 N–H and O–H groups in total. The number of carbonyl (C=O) groups excluding carboxylic acids is 4. The van der Waals surface area contributed by atoms with Crippen LogP contribution in [0.1, 0.15) is 85.1 Å². The molecule has 0 radical (unpaired) electrons. The van der Waals surface area contributed by atoms with Crippen molar-refractivity contribution >= 4 is 23.7 Å². The molecule has 41 heavy (non-hydrogen) atoms. The zero-order valence-electron chi connectivity index (χ0n) is 24.6. The smallest absolute Gasteiger partial charge is 0.444 e. The number of Topliss-reactive ketones (excluding diaryl/α,β-unsaturated/α-hetero) is 1. The van der Waals surface area contributed by atoms with Crippen molar-refractivity contribution in [3.63, 3.8) is 0 Å². The lowest BCUT2D eigenvalue weighted by Gasteiger charge is -2.29. The predicted octanol–water partition coefficient (Wildman–Crippen LogP) is 5.24. The van der Waals surface area contributed by atoms with Gasteiger partial charge in [0.25, 0.3) is 5.78 Å². The number of hydrogen-bond donors (Lipinski definition) is 3. The van der Waals surface area contributed by atoms with Gasteiger partial charge in [-0.15, -0.1) is 0 Å². The molecule has 1 saturated carbocycles. The molecule has 230 valence electrons. The van der Waals surface area contributed by atoms with Crippen LogP contribution in [0.2, 0.25) is 0 Å². The summed E-state index contributed by atoms with van der Waals surface area (Å²) in [5.41, 5.74) is -0.0899. The van der Waals surface area contributed by atoms with Crippen LogP contribution in [0, 0.1) is 11.8 Å². The molecule has 1 fully saturated rings. The highest BCUT2D eigenvalue weighted by Crippen LogP contribution is 2.30. The van der Waals surface area contributed by atoms with Crippen LogP contribution in [0.15, 0.2) is 30.3 Å². The van der Waals surface area contributed by atoms with Crippen LogP contribution in [0.25, 0.3) is 0 Å². The molecule has 0 bridgehead atoms.